The van der Waals surface area contributed by atoms with Crippen LogP contribution >= 0.6 is 0 Å². The van der Waals surface area contributed by atoms with E-state index in [0.717, 1.165) is 11.1 Å². The molecule has 2 aromatic carbocycles. The van der Waals surface area contributed by atoms with Crippen LogP contribution in [0.4, 0.5) is 11.4 Å². The third-order valence-electron chi connectivity index (χ3n) is 5.40. The first kappa shape index (κ1) is 22.3. The van der Waals surface area contributed by atoms with Crippen LogP contribution < -0.4 is 14.4 Å². The lowest BCUT2D eigenvalue weighted by molar-refractivity contribution is 0.102. The zero-order chi connectivity index (χ0) is 23.8. The van der Waals surface area contributed by atoms with Gasteiger partial charge < -0.3 is 10.1 Å². The Labute approximate surface area is 192 Å². The van der Waals surface area contributed by atoms with Crippen molar-refractivity contribution in [1.82, 2.24) is 4.98 Å². The van der Waals surface area contributed by atoms with Crippen molar-refractivity contribution in [3.8, 4) is 17.7 Å². The molecule has 0 fully saturated rings. The third-order valence-corrected chi connectivity index (χ3v) is 6.68. The molecule has 168 valence electrons. The number of sulfonamides is 1. The number of benzene rings is 2. The van der Waals surface area contributed by atoms with E-state index in [-0.39, 0.29) is 17.8 Å². The maximum absolute atomic E-state index is 12.9. The zero-order valence-corrected chi connectivity index (χ0v) is 19.2. The lowest BCUT2D eigenvalue weighted by Crippen LogP contribution is -2.34. The summed E-state index contributed by atoms with van der Waals surface area (Å²) in [6.45, 7) is 3.68. The third kappa shape index (κ3) is 4.52. The van der Waals surface area contributed by atoms with Crippen LogP contribution in [-0.2, 0) is 16.4 Å². The molecule has 0 spiro atoms. The number of amides is 1. The van der Waals surface area contributed by atoms with Gasteiger partial charge in [-0.05, 0) is 79.9 Å². The topological polar surface area (TPSA) is 112 Å². The second-order valence-electron chi connectivity index (χ2n) is 7.96. The van der Waals surface area contributed by atoms with Gasteiger partial charge in [-0.3, -0.25) is 9.10 Å². The standard InChI is InChI=1S/C24H22N4O4S/c1-15-11-20(32-24-18(14-25)5-4-10-26-24)7-8-21(15)27-23(29)17-6-9-22-19(13-17)12-16(2)28(22)33(3,30)31/h4-11,13,16H,12H2,1-3H3,(H,27,29). The van der Waals surface area contributed by atoms with Gasteiger partial charge in [0.2, 0.25) is 15.9 Å². The highest BCUT2D eigenvalue weighted by Gasteiger charge is 2.32. The molecule has 2 heterocycles. The molecule has 0 bridgehead atoms. The summed E-state index contributed by atoms with van der Waals surface area (Å²) < 4.78 is 31.3. The highest BCUT2D eigenvalue weighted by Crippen LogP contribution is 2.35. The fourth-order valence-corrected chi connectivity index (χ4v) is 5.22. The number of hydrogen-bond donors (Lipinski definition) is 1. The molecule has 1 N–H and O–H groups in total. The predicted octanol–water partition coefficient (Wildman–Crippen LogP) is 4.02. The van der Waals surface area contributed by atoms with E-state index in [1.807, 2.05) is 19.9 Å². The normalized spacial score (nSPS) is 15.0. The van der Waals surface area contributed by atoms with Gasteiger partial charge >= 0.3 is 0 Å². The van der Waals surface area contributed by atoms with Gasteiger partial charge in [0.1, 0.15) is 17.4 Å². The quantitative estimate of drug-likeness (QED) is 0.613. The first-order valence-electron chi connectivity index (χ1n) is 10.2. The van der Waals surface area contributed by atoms with E-state index in [1.165, 1.54) is 10.6 Å². The number of nitriles is 1. The molecule has 1 aliphatic heterocycles. The van der Waals surface area contributed by atoms with E-state index >= 15 is 0 Å². The summed E-state index contributed by atoms with van der Waals surface area (Å²) in [7, 11) is -3.38. The van der Waals surface area contributed by atoms with Crippen molar-refractivity contribution >= 4 is 27.3 Å². The molecule has 1 unspecified atom stereocenters. The van der Waals surface area contributed by atoms with Crippen LogP contribution in [0.5, 0.6) is 11.6 Å². The first-order chi connectivity index (χ1) is 15.7. The minimum atomic E-state index is -3.38. The molecule has 4 rings (SSSR count). The number of carbonyl (C=O) groups is 1. The molecule has 9 heteroatoms. The predicted molar refractivity (Wildman–Crippen MR) is 125 cm³/mol. The Hall–Kier alpha value is -3.90. The number of fused-ring (bicyclic) bond motifs is 1. The summed E-state index contributed by atoms with van der Waals surface area (Å²) in [5.41, 5.74) is 3.60. The molecule has 3 aromatic rings. The molecule has 0 saturated carbocycles. The fraction of sp³-hybridized carbons (Fsp3) is 0.208. The Bertz CT molecular complexity index is 1400. The number of aromatic nitrogens is 1. The van der Waals surface area contributed by atoms with Crippen molar-refractivity contribution < 1.29 is 17.9 Å². The Balaban J connectivity index is 1.52. The van der Waals surface area contributed by atoms with Gasteiger partial charge in [0.25, 0.3) is 5.91 Å². The lowest BCUT2D eigenvalue weighted by atomic mass is 10.1. The number of aryl methyl sites for hydroxylation is 1. The summed E-state index contributed by atoms with van der Waals surface area (Å²) in [6, 6.07) is 15.3. The SMILES string of the molecule is Cc1cc(Oc2ncccc2C#N)ccc1NC(=O)c1ccc2c(c1)CC(C)N2S(C)(=O)=O. The molecule has 0 saturated heterocycles. The monoisotopic (exact) mass is 462 g/mol. The average Bonchev–Trinajstić information content (AvgIpc) is 3.11. The molecule has 1 aliphatic rings. The Morgan fingerprint density at radius 2 is 2.03 bits per heavy atom. The number of ether oxygens (including phenoxy) is 1. The zero-order valence-electron chi connectivity index (χ0n) is 18.4. The van der Waals surface area contributed by atoms with Gasteiger partial charge in [0.15, 0.2) is 0 Å². The fourth-order valence-electron chi connectivity index (χ4n) is 3.95. The number of nitrogens with zero attached hydrogens (tertiary/aromatic N) is 3. The molecule has 8 nitrogen and oxygen atoms in total. The van der Waals surface area contributed by atoms with Crippen molar-refractivity contribution in [3.05, 3.63) is 77.0 Å². The molecular formula is C24H22N4O4S. The van der Waals surface area contributed by atoms with Crippen LogP contribution in [0.15, 0.2) is 54.7 Å². The van der Waals surface area contributed by atoms with Gasteiger partial charge in [-0.1, -0.05) is 0 Å². The number of hydrogen-bond acceptors (Lipinski definition) is 6. The highest BCUT2D eigenvalue weighted by atomic mass is 32.2. The summed E-state index contributed by atoms with van der Waals surface area (Å²) in [6.07, 6.45) is 3.28. The largest absolute Gasteiger partial charge is 0.438 e. The van der Waals surface area contributed by atoms with Gasteiger partial charge in [0.05, 0.1) is 11.9 Å². The van der Waals surface area contributed by atoms with Crippen molar-refractivity contribution in [2.24, 2.45) is 0 Å². The minimum Gasteiger partial charge on any atom is -0.438 e. The summed E-state index contributed by atoms with van der Waals surface area (Å²) in [5.74, 6) is 0.413. The molecule has 1 aromatic heterocycles. The molecule has 1 amide bonds. The van der Waals surface area contributed by atoms with Crippen LogP contribution in [0.3, 0.4) is 0 Å². The van der Waals surface area contributed by atoms with Crippen molar-refractivity contribution in [1.29, 1.82) is 5.26 Å². The minimum absolute atomic E-state index is 0.191. The Morgan fingerprint density at radius 3 is 2.73 bits per heavy atom. The number of carbonyl (C=O) groups excluding carboxylic acids is 1. The molecule has 0 radical (unpaired) electrons. The van der Waals surface area contributed by atoms with E-state index in [4.69, 9.17) is 4.74 Å². The molecular weight excluding hydrogens is 440 g/mol. The van der Waals surface area contributed by atoms with E-state index < -0.39 is 10.0 Å². The summed E-state index contributed by atoms with van der Waals surface area (Å²) >= 11 is 0. The van der Waals surface area contributed by atoms with Crippen LogP contribution in [0.2, 0.25) is 0 Å². The molecule has 1 atom stereocenters. The number of rotatable bonds is 5. The van der Waals surface area contributed by atoms with E-state index in [2.05, 4.69) is 10.3 Å². The van der Waals surface area contributed by atoms with Crippen molar-refractivity contribution in [2.75, 3.05) is 15.9 Å². The maximum Gasteiger partial charge on any atom is 0.255 e. The lowest BCUT2D eigenvalue weighted by Gasteiger charge is -2.21. The second kappa shape index (κ2) is 8.56. The molecule has 33 heavy (non-hydrogen) atoms. The highest BCUT2D eigenvalue weighted by molar-refractivity contribution is 7.92. The number of pyridine rings is 1. The number of nitrogens with one attached hydrogen (secondary N) is 1. The first-order valence-corrected chi connectivity index (χ1v) is 12.1. The second-order valence-corrected chi connectivity index (χ2v) is 9.82. The Kier molecular flexibility index (Phi) is 5.78. The van der Waals surface area contributed by atoms with Crippen molar-refractivity contribution in [3.63, 3.8) is 0 Å². The van der Waals surface area contributed by atoms with Gasteiger partial charge in [0, 0.05) is 23.5 Å². The van der Waals surface area contributed by atoms with E-state index in [1.54, 1.807) is 54.7 Å². The van der Waals surface area contributed by atoms with E-state index in [0.29, 0.717) is 34.7 Å². The van der Waals surface area contributed by atoms with Crippen LogP contribution in [0, 0.1) is 18.3 Å². The van der Waals surface area contributed by atoms with Gasteiger partial charge in [-0.2, -0.15) is 5.26 Å². The summed E-state index contributed by atoms with van der Waals surface area (Å²) in [5, 5.41) is 12.1. The van der Waals surface area contributed by atoms with Gasteiger partial charge in [-0.25, -0.2) is 13.4 Å². The summed E-state index contributed by atoms with van der Waals surface area (Å²) in [4.78, 5) is 16.9. The van der Waals surface area contributed by atoms with Gasteiger partial charge in [-0.15, -0.1) is 0 Å². The average molecular weight is 463 g/mol. The smallest absolute Gasteiger partial charge is 0.255 e. The van der Waals surface area contributed by atoms with Crippen molar-refractivity contribution in [2.45, 2.75) is 26.3 Å². The maximum atomic E-state index is 12.9. The van der Waals surface area contributed by atoms with Crippen LogP contribution in [0.1, 0.15) is 34.0 Å². The Morgan fingerprint density at radius 1 is 1.24 bits per heavy atom. The molecule has 0 aliphatic carbocycles. The van der Waals surface area contributed by atoms with E-state index in [9.17, 15) is 18.5 Å². The van der Waals surface area contributed by atoms with Crippen LogP contribution in [0.25, 0.3) is 0 Å². The number of anilines is 2. The van der Waals surface area contributed by atoms with Crippen LogP contribution in [-0.4, -0.2) is 31.6 Å².